The molecule has 0 rings (SSSR count). The van der Waals surface area contributed by atoms with Gasteiger partial charge >= 0.3 is 0 Å². The first kappa shape index (κ1) is 25.0. The lowest BCUT2D eigenvalue weighted by Crippen LogP contribution is -2.58. The fourth-order valence-corrected chi connectivity index (χ4v) is 1.00. The number of rotatable bonds is 10. The first-order valence-electron chi connectivity index (χ1n) is 7.17. The molecule has 14 heteroatoms. The monoisotopic (exact) mass is 378 g/mol. The fourth-order valence-electron chi connectivity index (χ4n) is 1.00. The van der Waals surface area contributed by atoms with Crippen molar-refractivity contribution in [3.63, 3.8) is 0 Å². The van der Waals surface area contributed by atoms with Crippen molar-refractivity contribution in [3.05, 3.63) is 0 Å². The zero-order valence-electron chi connectivity index (χ0n) is 13.9. The van der Waals surface area contributed by atoms with Gasteiger partial charge in [0.15, 0.2) is 13.1 Å². The molecule has 4 amide bonds. The molecule has 0 spiro atoms. The Hall–Kier alpha value is -3.26. The maximum Gasteiger partial charge on any atom is 0.275 e. The van der Waals surface area contributed by atoms with Crippen LogP contribution in [0.1, 0.15) is 0 Å². The number of carboxylic acid groups (broad SMARTS) is 2. The Morgan fingerprint density at radius 1 is 0.538 bits per heavy atom. The summed E-state index contributed by atoms with van der Waals surface area (Å²) in [6.45, 7) is -1.54. The van der Waals surface area contributed by atoms with Crippen LogP contribution in [0.3, 0.4) is 0 Å². The third-order valence-corrected chi connectivity index (χ3v) is 2.21. The Morgan fingerprint density at radius 3 is 1.04 bits per heavy atom. The third kappa shape index (κ3) is 18.8. The summed E-state index contributed by atoms with van der Waals surface area (Å²) in [5.41, 5.74) is 6.58. The molecule has 0 aromatic rings. The van der Waals surface area contributed by atoms with E-state index in [2.05, 4.69) is 22.1 Å². The smallest absolute Gasteiger partial charge is 0.275 e. The van der Waals surface area contributed by atoms with E-state index in [4.69, 9.17) is 0 Å². The molecular weight excluding hydrogens is 356 g/mol. The van der Waals surface area contributed by atoms with Crippen molar-refractivity contribution in [2.24, 2.45) is 0 Å². The lowest BCUT2D eigenvalue weighted by molar-refractivity contribution is -0.355. The van der Waals surface area contributed by atoms with E-state index in [9.17, 15) is 39.0 Å². The van der Waals surface area contributed by atoms with E-state index in [1.54, 1.807) is 0 Å². The van der Waals surface area contributed by atoms with Gasteiger partial charge in [0.05, 0.1) is 38.1 Å². The fraction of sp³-hybridized carbons (Fsp3) is 0.500. The maximum absolute atomic E-state index is 10.7. The zero-order valence-corrected chi connectivity index (χ0v) is 13.9. The predicted octanol–water partition coefficient (Wildman–Crippen LogP) is -9.58. The molecule has 10 N–H and O–H groups in total. The van der Waals surface area contributed by atoms with Gasteiger partial charge < -0.3 is 52.5 Å². The number of carbonyl (C=O) groups excluding carboxylic acids is 6. The van der Waals surface area contributed by atoms with Crippen molar-refractivity contribution < 1.29 is 50.4 Å². The Kier molecular flexibility index (Phi) is 14.7. The zero-order chi connectivity index (χ0) is 20.5. The van der Waals surface area contributed by atoms with Crippen LogP contribution in [0, 0.1) is 0 Å². The van der Waals surface area contributed by atoms with Crippen LogP contribution < -0.4 is 42.9 Å². The van der Waals surface area contributed by atoms with Gasteiger partial charge in [-0.15, -0.1) is 0 Å². The number of aliphatic carboxylic acids is 2. The van der Waals surface area contributed by atoms with Crippen LogP contribution in [0.2, 0.25) is 0 Å². The van der Waals surface area contributed by atoms with Crippen molar-refractivity contribution in [2.75, 3.05) is 39.3 Å². The molecule has 26 heavy (non-hydrogen) atoms. The molecule has 0 atom stereocenters. The number of quaternary nitrogens is 2. The molecule has 0 aliphatic rings. The van der Waals surface area contributed by atoms with Crippen LogP contribution in [0.4, 0.5) is 0 Å². The number of amides is 4. The number of carboxylic acids is 2. The second-order valence-corrected chi connectivity index (χ2v) is 4.35. The number of carbonyl (C=O) groups is 6. The summed E-state index contributed by atoms with van der Waals surface area (Å²) >= 11 is 0. The minimum Gasteiger partial charge on any atom is -0.548 e. The molecule has 0 saturated carbocycles. The second-order valence-electron chi connectivity index (χ2n) is 4.35. The minimum atomic E-state index is -1.38. The molecule has 0 aromatic carbocycles. The average molecular weight is 378 g/mol. The maximum atomic E-state index is 10.7. The Balaban J connectivity index is 0. The molecule has 14 nitrogen and oxygen atoms in total. The molecular formula is C12H22N6O8. The SMILES string of the molecule is [NH3+]CC(=O)NCC(=O)NCC(=O)[O-].[NH3+]CC(=O)NCC(=O)NCC(=O)[O-]. The molecule has 0 aromatic heterocycles. The summed E-state index contributed by atoms with van der Waals surface area (Å²) in [4.78, 5) is 62.4. The first-order valence-corrected chi connectivity index (χ1v) is 7.17. The highest BCUT2D eigenvalue weighted by Gasteiger charge is 2.04. The Labute approximate surface area is 147 Å². The van der Waals surface area contributed by atoms with Crippen molar-refractivity contribution in [1.29, 1.82) is 0 Å². The average Bonchev–Trinajstić information content (AvgIpc) is 2.60. The van der Waals surface area contributed by atoms with Crippen LogP contribution in [0.25, 0.3) is 0 Å². The summed E-state index contributed by atoms with van der Waals surface area (Å²) in [6.07, 6.45) is 0. The quantitative estimate of drug-likeness (QED) is 0.212. The van der Waals surface area contributed by atoms with Gasteiger partial charge in [-0.3, -0.25) is 19.2 Å². The molecule has 0 bridgehead atoms. The number of hydrogen-bond donors (Lipinski definition) is 6. The predicted molar refractivity (Wildman–Crippen MR) is 77.6 cm³/mol. The van der Waals surface area contributed by atoms with Crippen molar-refractivity contribution >= 4 is 35.6 Å². The molecule has 0 heterocycles. The third-order valence-electron chi connectivity index (χ3n) is 2.21. The van der Waals surface area contributed by atoms with E-state index in [-0.39, 0.29) is 38.0 Å². The molecule has 0 aliphatic heterocycles. The van der Waals surface area contributed by atoms with Gasteiger partial charge in [0.2, 0.25) is 11.8 Å². The molecule has 0 unspecified atom stereocenters. The van der Waals surface area contributed by atoms with E-state index in [0.29, 0.717) is 0 Å². The molecule has 0 radical (unpaired) electrons. The molecule has 0 fully saturated rings. The highest BCUT2D eigenvalue weighted by molar-refractivity contribution is 5.87. The van der Waals surface area contributed by atoms with E-state index in [1.165, 1.54) is 0 Å². The van der Waals surface area contributed by atoms with Crippen LogP contribution in [0.5, 0.6) is 0 Å². The van der Waals surface area contributed by atoms with Crippen LogP contribution in [-0.2, 0) is 28.8 Å². The summed E-state index contributed by atoms with van der Waals surface area (Å²) in [7, 11) is 0. The topological polar surface area (TPSA) is 252 Å². The van der Waals surface area contributed by atoms with Gasteiger partial charge in [-0.2, -0.15) is 0 Å². The van der Waals surface area contributed by atoms with E-state index in [0.717, 1.165) is 0 Å². The lowest BCUT2D eigenvalue weighted by Gasteiger charge is -2.05. The van der Waals surface area contributed by atoms with Gasteiger partial charge in [0.1, 0.15) is 0 Å². The number of hydrogen-bond acceptors (Lipinski definition) is 8. The largest absolute Gasteiger partial charge is 0.548 e. The van der Waals surface area contributed by atoms with Gasteiger partial charge in [0.25, 0.3) is 11.8 Å². The second kappa shape index (κ2) is 15.3. The van der Waals surface area contributed by atoms with Crippen LogP contribution in [0.15, 0.2) is 0 Å². The summed E-state index contributed by atoms with van der Waals surface area (Å²) in [6, 6.07) is 0. The summed E-state index contributed by atoms with van der Waals surface area (Å²) < 4.78 is 0. The van der Waals surface area contributed by atoms with E-state index in [1.807, 2.05) is 10.6 Å². The summed E-state index contributed by atoms with van der Waals surface area (Å²) in [5, 5.41) is 28.3. The van der Waals surface area contributed by atoms with Gasteiger partial charge in [-0.25, -0.2) is 0 Å². The molecule has 148 valence electrons. The van der Waals surface area contributed by atoms with Gasteiger partial charge in [0, 0.05) is 0 Å². The van der Waals surface area contributed by atoms with Crippen LogP contribution >= 0.6 is 0 Å². The lowest BCUT2D eigenvalue weighted by atomic mass is 10.5. The minimum absolute atomic E-state index is 0.0355. The first-order chi connectivity index (χ1) is 12.1. The van der Waals surface area contributed by atoms with Crippen molar-refractivity contribution in [1.82, 2.24) is 21.3 Å². The number of nitrogens with one attached hydrogen (secondary N) is 4. The van der Waals surface area contributed by atoms with Gasteiger partial charge in [-0.1, -0.05) is 0 Å². The van der Waals surface area contributed by atoms with E-state index >= 15 is 0 Å². The summed E-state index contributed by atoms with van der Waals surface area (Å²) in [5.74, 6) is -4.65. The standard InChI is InChI=1S/2C6H11N3O4/c2*7-1-4(10)8-2-5(11)9-3-6(12)13/h2*1-3,7H2,(H,8,10)(H,9,11)(H,12,13). The molecule has 0 aliphatic carbocycles. The Bertz CT molecular complexity index is 478. The highest BCUT2D eigenvalue weighted by Crippen LogP contribution is 1.65. The highest BCUT2D eigenvalue weighted by atomic mass is 16.4. The van der Waals surface area contributed by atoms with E-state index < -0.39 is 36.8 Å². The normalized spacial score (nSPS) is 9.00. The Morgan fingerprint density at radius 2 is 0.808 bits per heavy atom. The van der Waals surface area contributed by atoms with Gasteiger partial charge in [-0.05, 0) is 0 Å². The molecule has 0 saturated heterocycles. The van der Waals surface area contributed by atoms with Crippen molar-refractivity contribution in [2.45, 2.75) is 0 Å². The van der Waals surface area contributed by atoms with Crippen LogP contribution in [-0.4, -0.2) is 74.8 Å². The van der Waals surface area contributed by atoms with Crippen molar-refractivity contribution in [3.8, 4) is 0 Å².